The van der Waals surface area contributed by atoms with Crippen LogP contribution in [0.5, 0.6) is 0 Å². The normalized spacial score (nSPS) is 25.1. The third kappa shape index (κ3) is 2.62. The first-order valence-corrected chi connectivity index (χ1v) is 8.99. The molecule has 21 heavy (non-hydrogen) atoms. The Hall–Kier alpha value is -1.63. The summed E-state index contributed by atoms with van der Waals surface area (Å²) >= 11 is 0. The molecule has 1 aromatic carbocycles. The molecule has 2 unspecified atom stereocenters. The van der Waals surface area contributed by atoms with Gasteiger partial charge in [-0.15, -0.1) is 0 Å². The Labute approximate surface area is 123 Å². The van der Waals surface area contributed by atoms with Crippen LogP contribution in [0.25, 0.3) is 0 Å². The monoisotopic (exact) mass is 310 g/mol. The molecule has 0 spiro atoms. The maximum Gasteiger partial charge on any atom is 0.288 e. The van der Waals surface area contributed by atoms with Crippen molar-refractivity contribution in [2.24, 2.45) is 11.8 Å². The molecule has 7 heteroatoms. The molecule has 2 atom stereocenters. The highest BCUT2D eigenvalue weighted by Gasteiger charge is 2.36. The zero-order chi connectivity index (χ0) is 15.2. The minimum atomic E-state index is -3.62. The standard InChI is InChI=1S/C14H18N2O4S/c1-21(19,20)14-7-12(5-6-13(14)16(17)18)15-8-10-3-2-4-11(10)9-15/h5-7,10-11H,2-4,8-9H2,1H3. The van der Waals surface area contributed by atoms with E-state index < -0.39 is 14.8 Å². The molecule has 0 aromatic heterocycles. The van der Waals surface area contributed by atoms with E-state index in [9.17, 15) is 18.5 Å². The largest absolute Gasteiger partial charge is 0.371 e. The van der Waals surface area contributed by atoms with Gasteiger partial charge in [0.25, 0.3) is 5.69 Å². The molecule has 114 valence electrons. The summed E-state index contributed by atoms with van der Waals surface area (Å²) in [5.41, 5.74) is 0.427. The van der Waals surface area contributed by atoms with Crippen LogP contribution in [-0.4, -0.2) is 32.7 Å². The second-order valence-corrected chi connectivity index (χ2v) is 8.02. The van der Waals surface area contributed by atoms with E-state index in [2.05, 4.69) is 4.90 Å². The summed E-state index contributed by atoms with van der Waals surface area (Å²) in [5.74, 6) is 1.36. The lowest BCUT2D eigenvalue weighted by Crippen LogP contribution is -2.21. The fourth-order valence-corrected chi connectivity index (χ4v) is 4.45. The fourth-order valence-electron chi connectivity index (χ4n) is 3.59. The lowest BCUT2D eigenvalue weighted by Gasteiger charge is -2.20. The van der Waals surface area contributed by atoms with Gasteiger partial charge in [-0.05, 0) is 36.8 Å². The summed E-state index contributed by atoms with van der Waals surface area (Å²) in [5, 5.41) is 11.0. The van der Waals surface area contributed by atoms with Gasteiger partial charge in [-0.25, -0.2) is 8.42 Å². The molecule has 1 aromatic rings. The van der Waals surface area contributed by atoms with Crippen LogP contribution in [0, 0.1) is 22.0 Å². The molecule has 3 rings (SSSR count). The first-order chi connectivity index (χ1) is 9.86. The third-order valence-corrected chi connectivity index (χ3v) is 5.76. The molecule has 1 aliphatic heterocycles. The van der Waals surface area contributed by atoms with Crippen molar-refractivity contribution >= 4 is 21.2 Å². The Balaban J connectivity index is 1.96. The summed E-state index contributed by atoms with van der Waals surface area (Å²) in [4.78, 5) is 12.3. The van der Waals surface area contributed by atoms with Crippen molar-refractivity contribution in [3.8, 4) is 0 Å². The smallest absolute Gasteiger partial charge is 0.288 e. The van der Waals surface area contributed by atoms with Crippen molar-refractivity contribution in [1.29, 1.82) is 0 Å². The topological polar surface area (TPSA) is 80.5 Å². The first-order valence-electron chi connectivity index (χ1n) is 7.09. The van der Waals surface area contributed by atoms with Crippen LogP contribution in [-0.2, 0) is 9.84 Å². The molecule has 0 amide bonds. The van der Waals surface area contributed by atoms with Crippen LogP contribution in [0.2, 0.25) is 0 Å². The maximum absolute atomic E-state index is 11.8. The number of nitro benzene ring substituents is 1. The predicted molar refractivity (Wildman–Crippen MR) is 79.3 cm³/mol. The highest BCUT2D eigenvalue weighted by molar-refractivity contribution is 7.90. The Kier molecular flexibility index (Phi) is 3.39. The molecule has 0 bridgehead atoms. The van der Waals surface area contributed by atoms with E-state index in [1.165, 1.54) is 31.4 Å². The number of nitro groups is 1. The van der Waals surface area contributed by atoms with Crippen LogP contribution in [0.1, 0.15) is 19.3 Å². The Morgan fingerprint density at radius 3 is 2.38 bits per heavy atom. The zero-order valence-corrected chi connectivity index (χ0v) is 12.7. The van der Waals surface area contributed by atoms with Crippen molar-refractivity contribution in [3.63, 3.8) is 0 Å². The lowest BCUT2D eigenvalue weighted by atomic mass is 10.0. The predicted octanol–water partition coefficient (Wildman–Crippen LogP) is 2.23. The van der Waals surface area contributed by atoms with Gasteiger partial charge in [0, 0.05) is 31.1 Å². The minimum Gasteiger partial charge on any atom is -0.371 e. The second-order valence-electron chi connectivity index (χ2n) is 6.04. The van der Waals surface area contributed by atoms with Crippen molar-refractivity contribution in [2.45, 2.75) is 24.2 Å². The summed E-state index contributed by atoms with van der Waals surface area (Å²) in [6.45, 7) is 1.84. The zero-order valence-electron chi connectivity index (χ0n) is 11.9. The fraction of sp³-hybridized carbons (Fsp3) is 0.571. The minimum absolute atomic E-state index is 0.193. The number of hydrogen-bond donors (Lipinski definition) is 0. The van der Waals surface area contributed by atoms with Crippen molar-refractivity contribution in [1.82, 2.24) is 0 Å². The molecule has 2 fully saturated rings. The molecule has 1 aliphatic carbocycles. The molecule has 1 heterocycles. The second kappa shape index (κ2) is 4.98. The molecule has 0 N–H and O–H groups in total. The van der Waals surface area contributed by atoms with Gasteiger partial charge in [0.2, 0.25) is 0 Å². The van der Waals surface area contributed by atoms with Gasteiger partial charge in [0.1, 0.15) is 4.90 Å². The average Bonchev–Trinajstić information content (AvgIpc) is 2.97. The molecule has 1 saturated carbocycles. The van der Waals surface area contributed by atoms with E-state index in [1.807, 2.05) is 0 Å². The third-order valence-electron chi connectivity index (χ3n) is 4.63. The van der Waals surface area contributed by atoms with Crippen LogP contribution >= 0.6 is 0 Å². The molecule has 2 aliphatic rings. The van der Waals surface area contributed by atoms with E-state index in [0.29, 0.717) is 11.8 Å². The van der Waals surface area contributed by atoms with E-state index in [4.69, 9.17) is 0 Å². The van der Waals surface area contributed by atoms with Crippen molar-refractivity contribution < 1.29 is 13.3 Å². The highest BCUT2D eigenvalue weighted by atomic mass is 32.2. The Morgan fingerprint density at radius 2 is 1.86 bits per heavy atom. The summed E-state index contributed by atoms with van der Waals surface area (Å²) in [7, 11) is -3.62. The number of benzene rings is 1. The Bertz CT molecular complexity index is 674. The lowest BCUT2D eigenvalue weighted by molar-refractivity contribution is -0.387. The van der Waals surface area contributed by atoms with Gasteiger partial charge >= 0.3 is 0 Å². The number of fused-ring (bicyclic) bond motifs is 1. The summed E-state index contributed by atoms with van der Waals surface area (Å²) in [6, 6.07) is 4.42. The van der Waals surface area contributed by atoms with Crippen LogP contribution in [0.15, 0.2) is 23.1 Å². The van der Waals surface area contributed by atoms with Crippen molar-refractivity contribution in [3.05, 3.63) is 28.3 Å². The number of sulfone groups is 1. The van der Waals surface area contributed by atoms with Gasteiger partial charge in [-0.1, -0.05) is 6.42 Å². The van der Waals surface area contributed by atoms with Gasteiger partial charge in [0.05, 0.1) is 4.92 Å². The quantitative estimate of drug-likeness (QED) is 0.632. The Morgan fingerprint density at radius 1 is 1.24 bits per heavy atom. The van der Waals surface area contributed by atoms with Crippen LogP contribution in [0.4, 0.5) is 11.4 Å². The molecular formula is C14H18N2O4S. The van der Waals surface area contributed by atoms with Gasteiger partial charge < -0.3 is 4.90 Å². The van der Waals surface area contributed by atoms with Crippen LogP contribution in [0.3, 0.4) is 0 Å². The van der Waals surface area contributed by atoms with E-state index >= 15 is 0 Å². The molecular weight excluding hydrogens is 292 g/mol. The highest BCUT2D eigenvalue weighted by Crippen LogP contribution is 2.40. The number of nitrogens with zero attached hydrogens (tertiary/aromatic N) is 2. The number of anilines is 1. The van der Waals surface area contributed by atoms with E-state index in [0.717, 1.165) is 25.0 Å². The van der Waals surface area contributed by atoms with E-state index in [-0.39, 0.29) is 10.6 Å². The van der Waals surface area contributed by atoms with E-state index in [1.54, 1.807) is 6.07 Å². The van der Waals surface area contributed by atoms with Gasteiger partial charge in [-0.3, -0.25) is 10.1 Å². The van der Waals surface area contributed by atoms with Gasteiger partial charge in [0.15, 0.2) is 9.84 Å². The molecule has 1 saturated heterocycles. The number of hydrogen-bond acceptors (Lipinski definition) is 5. The number of rotatable bonds is 3. The summed E-state index contributed by atoms with van der Waals surface area (Å²) < 4.78 is 23.6. The average molecular weight is 310 g/mol. The van der Waals surface area contributed by atoms with Crippen LogP contribution < -0.4 is 4.90 Å². The SMILES string of the molecule is CS(=O)(=O)c1cc(N2CC3CCCC3C2)ccc1[N+](=O)[O-]. The van der Waals surface area contributed by atoms with Crippen molar-refractivity contribution in [2.75, 3.05) is 24.2 Å². The van der Waals surface area contributed by atoms with Gasteiger partial charge in [-0.2, -0.15) is 0 Å². The summed E-state index contributed by atoms with van der Waals surface area (Å²) in [6.07, 6.45) is 4.75. The molecule has 6 nitrogen and oxygen atoms in total. The first kappa shape index (κ1) is 14.3. The maximum atomic E-state index is 11.8. The molecule has 0 radical (unpaired) electrons.